The summed E-state index contributed by atoms with van der Waals surface area (Å²) in [5, 5.41) is 12.5. The zero-order valence-corrected chi connectivity index (χ0v) is 11.6. The van der Waals surface area contributed by atoms with Crippen LogP contribution in [0.3, 0.4) is 0 Å². The van der Waals surface area contributed by atoms with Gasteiger partial charge in [0.1, 0.15) is 6.04 Å². The van der Waals surface area contributed by atoms with Crippen molar-refractivity contribution in [3.8, 4) is 0 Å². The van der Waals surface area contributed by atoms with Crippen LogP contribution in [0.15, 0.2) is 0 Å². The normalized spacial score (nSPS) is 29.2. The van der Waals surface area contributed by atoms with Crippen LogP contribution in [0, 0.1) is 11.8 Å². The van der Waals surface area contributed by atoms with Crippen molar-refractivity contribution < 1.29 is 14.7 Å². The highest BCUT2D eigenvalue weighted by atomic mass is 16.4. The molecular weight excluding hydrogens is 244 g/mol. The highest BCUT2D eigenvalue weighted by Crippen LogP contribution is 2.25. The summed E-state index contributed by atoms with van der Waals surface area (Å²) < 4.78 is 0. The average Bonchev–Trinajstić information content (AvgIpc) is 2.89. The number of hydrogen-bond donors (Lipinski definition) is 2. The molecule has 5 heteroatoms. The Bertz CT molecular complexity index is 340. The maximum Gasteiger partial charge on any atom is 0.326 e. The number of nitrogens with zero attached hydrogens (tertiary/aromatic N) is 1. The molecule has 19 heavy (non-hydrogen) atoms. The lowest BCUT2D eigenvalue weighted by molar-refractivity contribution is -0.148. The van der Waals surface area contributed by atoms with Crippen LogP contribution in [0.25, 0.3) is 0 Å². The number of carbonyl (C=O) groups excluding carboxylic acids is 1. The van der Waals surface area contributed by atoms with Crippen molar-refractivity contribution in [1.82, 2.24) is 10.2 Å². The van der Waals surface area contributed by atoms with E-state index in [1.807, 2.05) is 0 Å². The van der Waals surface area contributed by atoms with E-state index in [-0.39, 0.29) is 5.91 Å². The first-order valence-corrected chi connectivity index (χ1v) is 7.32. The van der Waals surface area contributed by atoms with Crippen molar-refractivity contribution >= 4 is 11.9 Å². The zero-order chi connectivity index (χ0) is 13.8. The number of hydrogen-bond acceptors (Lipinski definition) is 3. The summed E-state index contributed by atoms with van der Waals surface area (Å²) in [6.07, 6.45) is 4.23. The maximum atomic E-state index is 12.3. The van der Waals surface area contributed by atoms with Gasteiger partial charge in [0.05, 0.1) is 0 Å². The average molecular weight is 268 g/mol. The van der Waals surface area contributed by atoms with E-state index in [2.05, 4.69) is 12.2 Å². The Hall–Kier alpha value is -1.10. The number of piperidine rings is 1. The van der Waals surface area contributed by atoms with Crippen molar-refractivity contribution in [2.75, 3.05) is 19.6 Å². The van der Waals surface area contributed by atoms with Crippen LogP contribution in [-0.2, 0) is 9.59 Å². The van der Waals surface area contributed by atoms with Crippen molar-refractivity contribution in [1.29, 1.82) is 0 Å². The first-order valence-electron chi connectivity index (χ1n) is 7.32. The fourth-order valence-electron chi connectivity index (χ4n) is 3.25. The standard InChI is InChI=1S/C14H24N2O3/c1-10(11-4-2-6-15-9-11)8-13(17)16-7-3-5-12(16)14(18)19/h10-12,15H,2-9H2,1H3,(H,18,19)/t10?,11?,12-/m0/s1. The van der Waals surface area contributed by atoms with Crippen LogP contribution >= 0.6 is 0 Å². The van der Waals surface area contributed by atoms with E-state index in [1.54, 1.807) is 4.90 Å². The topological polar surface area (TPSA) is 69.6 Å². The van der Waals surface area contributed by atoms with Crippen molar-refractivity contribution in [3.05, 3.63) is 0 Å². The van der Waals surface area contributed by atoms with Crippen molar-refractivity contribution in [2.45, 2.75) is 45.1 Å². The van der Waals surface area contributed by atoms with Gasteiger partial charge in [0.2, 0.25) is 5.91 Å². The molecule has 0 aromatic carbocycles. The summed E-state index contributed by atoms with van der Waals surface area (Å²) in [5.74, 6) is 0.0275. The van der Waals surface area contributed by atoms with Crippen molar-refractivity contribution in [2.24, 2.45) is 11.8 Å². The monoisotopic (exact) mass is 268 g/mol. The molecule has 0 radical (unpaired) electrons. The molecule has 2 aliphatic heterocycles. The third-order valence-corrected chi connectivity index (χ3v) is 4.49. The number of likely N-dealkylation sites (tertiary alicyclic amines) is 1. The third kappa shape index (κ3) is 3.47. The van der Waals surface area contributed by atoms with Gasteiger partial charge in [0, 0.05) is 13.0 Å². The van der Waals surface area contributed by atoms with Gasteiger partial charge in [-0.1, -0.05) is 6.92 Å². The number of rotatable bonds is 4. The van der Waals surface area contributed by atoms with E-state index in [0.717, 1.165) is 19.5 Å². The fourth-order valence-corrected chi connectivity index (χ4v) is 3.25. The van der Waals surface area contributed by atoms with E-state index in [0.29, 0.717) is 31.2 Å². The number of nitrogens with one attached hydrogen (secondary N) is 1. The molecule has 5 nitrogen and oxygen atoms in total. The molecule has 0 saturated carbocycles. The molecule has 0 aromatic rings. The third-order valence-electron chi connectivity index (χ3n) is 4.49. The van der Waals surface area contributed by atoms with E-state index >= 15 is 0 Å². The Morgan fingerprint density at radius 3 is 2.79 bits per heavy atom. The smallest absolute Gasteiger partial charge is 0.326 e. The van der Waals surface area contributed by atoms with Crippen LogP contribution < -0.4 is 5.32 Å². The molecule has 1 amide bonds. The van der Waals surface area contributed by atoms with Crippen LogP contribution in [0.2, 0.25) is 0 Å². The van der Waals surface area contributed by atoms with Gasteiger partial charge in [-0.3, -0.25) is 4.79 Å². The van der Waals surface area contributed by atoms with Crippen molar-refractivity contribution in [3.63, 3.8) is 0 Å². The Morgan fingerprint density at radius 2 is 2.16 bits per heavy atom. The lowest BCUT2D eigenvalue weighted by atomic mass is 9.85. The molecule has 0 aromatic heterocycles. The molecule has 2 aliphatic rings. The van der Waals surface area contributed by atoms with Crippen LogP contribution in [0.4, 0.5) is 0 Å². The van der Waals surface area contributed by atoms with Crippen LogP contribution in [-0.4, -0.2) is 47.6 Å². The molecule has 3 atom stereocenters. The summed E-state index contributed by atoms with van der Waals surface area (Å²) in [6, 6.07) is -0.593. The molecule has 2 fully saturated rings. The second kappa shape index (κ2) is 6.37. The molecule has 0 spiro atoms. The molecular formula is C14H24N2O3. The lowest BCUT2D eigenvalue weighted by Crippen LogP contribution is -2.42. The summed E-state index contributed by atoms with van der Waals surface area (Å²) in [6.45, 7) is 4.77. The quantitative estimate of drug-likeness (QED) is 0.800. The highest BCUT2D eigenvalue weighted by Gasteiger charge is 2.35. The lowest BCUT2D eigenvalue weighted by Gasteiger charge is -2.30. The van der Waals surface area contributed by atoms with E-state index in [4.69, 9.17) is 5.11 Å². The summed E-state index contributed by atoms with van der Waals surface area (Å²) in [5.41, 5.74) is 0. The SMILES string of the molecule is CC(CC(=O)N1CCC[C@H]1C(=O)O)C1CCCNC1. The van der Waals surface area contributed by atoms with Gasteiger partial charge in [0.25, 0.3) is 0 Å². The predicted octanol–water partition coefficient (Wildman–Crippen LogP) is 1.09. The van der Waals surface area contributed by atoms with Crippen LogP contribution in [0.1, 0.15) is 39.0 Å². The van der Waals surface area contributed by atoms with Gasteiger partial charge in [-0.05, 0) is 50.6 Å². The van der Waals surface area contributed by atoms with Gasteiger partial charge >= 0.3 is 5.97 Å². The number of carboxylic acid groups (broad SMARTS) is 1. The molecule has 2 rings (SSSR count). The Balaban J connectivity index is 1.87. The maximum absolute atomic E-state index is 12.3. The second-order valence-corrected chi connectivity index (χ2v) is 5.87. The highest BCUT2D eigenvalue weighted by molar-refractivity contribution is 5.84. The predicted molar refractivity (Wildman–Crippen MR) is 71.7 cm³/mol. The number of aliphatic carboxylic acids is 1. The second-order valence-electron chi connectivity index (χ2n) is 5.87. The number of amides is 1. The minimum atomic E-state index is -0.863. The molecule has 2 heterocycles. The van der Waals surface area contributed by atoms with Crippen LogP contribution in [0.5, 0.6) is 0 Å². The Labute approximate surface area is 114 Å². The van der Waals surface area contributed by atoms with Gasteiger partial charge in [-0.25, -0.2) is 4.79 Å². The minimum absolute atomic E-state index is 0.0166. The Morgan fingerprint density at radius 1 is 1.37 bits per heavy atom. The largest absolute Gasteiger partial charge is 0.480 e. The van der Waals surface area contributed by atoms with Gasteiger partial charge < -0.3 is 15.3 Å². The first kappa shape index (κ1) is 14.3. The van der Waals surface area contributed by atoms with E-state index < -0.39 is 12.0 Å². The molecule has 0 aliphatic carbocycles. The van der Waals surface area contributed by atoms with Gasteiger partial charge in [-0.15, -0.1) is 0 Å². The van der Waals surface area contributed by atoms with E-state index in [1.165, 1.54) is 12.8 Å². The Kier molecular flexibility index (Phi) is 4.80. The molecule has 108 valence electrons. The molecule has 2 saturated heterocycles. The summed E-state index contributed by atoms with van der Waals surface area (Å²) in [7, 11) is 0. The number of carboxylic acids is 1. The molecule has 2 unspecified atom stereocenters. The van der Waals surface area contributed by atoms with Gasteiger partial charge in [0.15, 0.2) is 0 Å². The zero-order valence-electron chi connectivity index (χ0n) is 11.6. The van der Waals surface area contributed by atoms with E-state index in [9.17, 15) is 9.59 Å². The summed E-state index contributed by atoms with van der Waals surface area (Å²) in [4.78, 5) is 24.9. The first-order chi connectivity index (χ1) is 9.09. The molecule has 2 N–H and O–H groups in total. The molecule has 0 bridgehead atoms. The number of carbonyl (C=O) groups is 2. The summed E-state index contributed by atoms with van der Waals surface area (Å²) >= 11 is 0. The van der Waals surface area contributed by atoms with Gasteiger partial charge in [-0.2, -0.15) is 0 Å². The fraction of sp³-hybridized carbons (Fsp3) is 0.857. The minimum Gasteiger partial charge on any atom is -0.480 e.